The van der Waals surface area contributed by atoms with Gasteiger partial charge in [-0.05, 0) is 20.3 Å². The lowest BCUT2D eigenvalue weighted by atomic mass is 10.2. The smallest absolute Gasteiger partial charge is 0.0718 e. The van der Waals surface area contributed by atoms with Crippen molar-refractivity contribution >= 4 is 0 Å². The fraction of sp³-hybridized carbons (Fsp3) is 1.00. The third-order valence-corrected chi connectivity index (χ3v) is 1.93. The summed E-state index contributed by atoms with van der Waals surface area (Å²) in [4.78, 5) is 0. The zero-order chi connectivity index (χ0) is 8.27. The van der Waals surface area contributed by atoms with Crippen LogP contribution in [0.2, 0.25) is 0 Å². The Morgan fingerprint density at radius 1 is 1.64 bits per heavy atom. The third kappa shape index (κ3) is 2.77. The number of ether oxygens (including phenoxy) is 1. The highest BCUT2D eigenvalue weighted by molar-refractivity contribution is 4.82. The van der Waals surface area contributed by atoms with Crippen LogP contribution in [0.5, 0.6) is 0 Å². The van der Waals surface area contributed by atoms with Gasteiger partial charge in [0.05, 0.1) is 12.2 Å². The van der Waals surface area contributed by atoms with Crippen LogP contribution in [-0.4, -0.2) is 31.3 Å². The molecule has 1 fully saturated rings. The molecule has 0 spiro atoms. The normalized spacial score (nSPS) is 31.6. The molecule has 0 aliphatic carbocycles. The summed E-state index contributed by atoms with van der Waals surface area (Å²) in [6, 6.07) is 0.471. The molecule has 3 heteroatoms. The first-order valence-electron chi connectivity index (χ1n) is 4.31. The second-order valence-corrected chi connectivity index (χ2v) is 3.38. The van der Waals surface area contributed by atoms with Crippen molar-refractivity contribution in [3.05, 3.63) is 0 Å². The average Bonchev–Trinajstić information content (AvgIpc) is 2.34. The van der Waals surface area contributed by atoms with E-state index >= 15 is 0 Å². The van der Waals surface area contributed by atoms with Gasteiger partial charge >= 0.3 is 0 Å². The highest BCUT2D eigenvalue weighted by atomic mass is 16.5. The van der Waals surface area contributed by atoms with Crippen LogP contribution in [-0.2, 0) is 4.74 Å². The van der Waals surface area contributed by atoms with Gasteiger partial charge in [-0.25, -0.2) is 0 Å². The molecular formula is C8H18N2O. The van der Waals surface area contributed by atoms with Crippen molar-refractivity contribution in [1.29, 1.82) is 0 Å². The summed E-state index contributed by atoms with van der Waals surface area (Å²) >= 11 is 0. The fourth-order valence-electron chi connectivity index (χ4n) is 1.45. The molecule has 0 saturated carbocycles. The summed E-state index contributed by atoms with van der Waals surface area (Å²) < 4.78 is 5.63. The zero-order valence-corrected chi connectivity index (χ0v) is 7.34. The summed E-state index contributed by atoms with van der Waals surface area (Å²) in [6.45, 7) is 5.81. The molecule has 0 aromatic rings. The Morgan fingerprint density at radius 3 is 2.82 bits per heavy atom. The molecule has 1 aliphatic heterocycles. The van der Waals surface area contributed by atoms with Crippen LogP contribution in [0, 0.1) is 0 Å². The lowest BCUT2D eigenvalue weighted by Gasteiger charge is -2.13. The van der Waals surface area contributed by atoms with E-state index in [1.807, 2.05) is 0 Å². The van der Waals surface area contributed by atoms with Gasteiger partial charge in [0, 0.05) is 19.1 Å². The predicted molar refractivity (Wildman–Crippen MR) is 45.5 cm³/mol. The summed E-state index contributed by atoms with van der Waals surface area (Å²) in [5.74, 6) is 0. The van der Waals surface area contributed by atoms with Crippen LogP contribution in [0.25, 0.3) is 0 Å². The second-order valence-electron chi connectivity index (χ2n) is 3.38. The molecule has 66 valence electrons. The molecule has 3 N–H and O–H groups in total. The summed E-state index contributed by atoms with van der Waals surface area (Å²) in [5.41, 5.74) is 5.51. The van der Waals surface area contributed by atoms with E-state index in [1.165, 1.54) is 0 Å². The summed E-state index contributed by atoms with van der Waals surface area (Å²) in [5, 5.41) is 3.31. The minimum absolute atomic E-state index is 0.332. The molecule has 0 radical (unpaired) electrons. The van der Waals surface area contributed by atoms with Crippen LogP contribution in [0.3, 0.4) is 0 Å². The maximum atomic E-state index is 5.63. The van der Waals surface area contributed by atoms with Crippen LogP contribution in [0.1, 0.15) is 20.3 Å². The van der Waals surface area contributed by atoms with E-state index in [0.717, 1.165) is 19.5 Å². The predicted octanol–water partition coefficient (Wildman–Crippen LogP) is 0.101. The van der Waals surface area contributed by atoms with Crippen molar-refractivity contribution in [2.75, 3.05) is 13.1 Å². The number of rotatable bonds is 3. The Hall–Kier alpha value is -0.120. The molecule has 0 aromatic carbocycles. The van der Waals surface area contributed by atoms with Crippen molar-refractivity contribution < 1.29 is 4.74 Å². The van der Waals surface area contributed by atoms with Gasteiger partial charge in [0.15, 0.2) is 0 Å². The summed E-state index contributed by atoms with van der Waals surface area (Å²) in [7, 11) is 0. The number of hydrogen-bond donors (Lipinski definition) is 2. The van der Waals surface area contributed by atoms with Crippen molar-refractivity contribution in [3.63, 3.8) is 0 Å². The molecular weight excluding hydrogens is 140 g/mol. The molecule has 0 aromatic heterocycles. The van der Waals surface area contributed by atoms with E-state index in [9.17, 15) is 0 Å². The van der Waals surface area contributed by atoms with Crippen LogP contribution in [0.15, 0.2) is 0 Å². The quantitative estimate of drug-likeness (QED) is 0.612. The largest absolute Gasteiger partial charge is 0.374 e. The van der Waals surface area contributed by atoms with Gasteiger partial charge in [-0.2, -0.15) is 0 Å². The number of nitrogens with two attached hydrogens (primary N) is 1. The van der Waals surface area contributed by atoms with Gasteiger partial charge in [0.25, 0.3) is 0 Å². The molecule has 3 nitrogen and oxygen atoms in total. The van der Waals surface area contributed by atoms with Crippen molar-refractivity contribution in [3.8, 4) is 0 Å². The highest BCUT2D eigenvalue weighted by Crippen LogP contribution is 2.10. The summed E-state index contributed by atoms with van der Waals surface area (Å²) in [6.07, 6.45) is 1.77. The minimum atomic E-state index is 0.332. The standard InChI is InChI=1S/C8H18N2O/c1-6(2)11-8-3-7(4-9)10-5-8/h6-8,10H,3-5,9H2,1-2H3/t7-,8-/m0/s1. The van der Waals surface area contributed by atoms with Gasteiger partial charge in [-0.3, -0.25) is 0 Å². The van der Waals surface area contributed by atoms with Gasteiger partial charge in [-0.1, -0.05) is 0 Å². The van der Waals surface area contributed by atoms with E-state index in [4.69, 9.17) is 10.5 Å². The Kier molecular flexibility index (Phi) is 3.30. The maximum Gasteiger partial charge on any atom is 0.0718 e. The van der Waals surface area contributed by atoms with E-state index in [-0.39, 0.29) is 0 Å². The average molecular weight is 158 g/mol. The van der Waals surface area contributed by atoms with Crippen molar-refractivity contribution in [2.24, 2.45) is 5.73 Å². The lowest BCUT2D eigenvalue weighted by molar-refractivity contribution is 0.0188. The first-order valence-corrected chi connectivity index (χ1v) is 4.31. The van der Waals surface area contributed by atoms with E-state index in [0.29, 0.717) is 18.2 Å². The molecule has 0 unspecified atom stereocenters. The molecule has 1 rings (SSSR count). The Morgan fingerprint density at radius 2 is 2.36 bits per heavy atom. The lowest BCUT2D eigenvalue weighted by Crippen LogP contribution is -2.29. The Labute approximate surface area is 68.3 Å². The van der Waals surface area contributed by atoms with E-state index < -0.39 is 0 Å². The molecule has 1 aliphatic rings. The Bertz CT molecular complexity index is 117. The maximum absolute atomic E-state index is 5.63. The highest BCUT2D eigenvalue weighted by Gasteiger charge is 2.23. The minimum Gasteiger partial charge on any atom is -0.374 e. The number of hydrogen-bond acceptors (Lipinski definition) is 3. The number of nitrogens with one attached hydrogen (secondary N) is 1. The topological polar surface area (TPSA) is 47.3 Å². The third-order valence-electron chi connectivity index (χ3n) is 1.93. The van der Waals surface area contributed by atoms with Gasteiger partial charge in [0.2, 0.25) is 0 Å². The van der Waals surface area contributed by atoms with Crippen LogP contribution in [0.4, 0.5) is 0 Å². The SMILES string of the molecule is CC(C)O[C@@H]1CN[C@H](CN)C1. The molecule has 11 heavy (non-hydrogen) atoms. The molecule has 0 amide bonds. The monoisotopic (exact) mass is 158 g/mol. The van der Waals surface area contributed by atoms with Crippen LogP contribution >= 0.6 is 0 Å². The zero-order valence-electron chi connectivity index (χ0n) is 7.34. The Balaban J connectivity index is 2.19. The van der Waals surface area contributed by atoms with Gasteiger partial charge in [-0.15, -0.1) is 0 Å². The molecule has 2 atom stereocenters. The second kappa shape index (κ2) is 4.04. The first-order chi connectivity index (χ1) is 5.22. The molecule has 1 saturated heterocycles. The van der Waals surface area contributed by atoms with E-state index in [1.54, 1.807) is 0 Å². The van der Waals surface area contributed by atoms with Crippen LogP contribution < -0.4 is 11.1 Å². The van der Waals surface area contributed by atoms with Gasteiger partial charge < -0.3 is 15.8 Å². The fourth-order valence-corrected chi connectivity index (χ4v) is 1.45. The van der Waals surface area contributed by atoms with E-state index in [2.05, 4.69) is 19.2 Å². The molecule has 0 bridgehead atoms. The van der Waals surface area contributed by atoms with Crippen molar-refractivity contribution in [2.45, 2.75) is 38.5 Å². The first kappa shape index (κ1) is 8.97. The molecule has 1 heterocycles. The van der Waals surface area contributed by atoms with Gasteiger partial charge in [0.1, 0.15) is 0 Å². The van der Waals surface area contributed by atoms with Crippen molar-refractivity contribution in [1.82, 2.24) is 5.32 Å².